The van der Waals surface area contributed by atoms with E-state index < -0.39 is 21.4 Å². The zero-order valence-corrected chi connectivity index (χ0v) is 12.5. The van der Waals surface area contributed by atoms with E-state index in [1.165, 1.54) is 13.0 Å². The van der Waals surface area contributed by atoms with Gasteiger partial charge in [0, 0.05) is 6.54 Å². The highest BCUT2D eigenvalue weighted by Crippen LogP contribution is 2.23. The standard InChI is InChI=1S/C12H17ClFNO3S/c1-8(2)12(3,16)7-15-19(17,18)11-6-9(14)4-5-10(11)13/h4-6,8,15-16H,7H2,1-3H3. The van der Waals surface area contributed by atoms with Crippen molar-refractivity contribution in [1.82, 2.24) is 4.72 Å². The van der Waals surface area contributed by atoms with E-state index in [0.717, 1.165) is 12.1 Å². The molecule has 0 amide bonds. The summed E-state index contributed by atoms with van der Waals surface area (Å²) in [7, 11) is -3.96. The molecule has 19 heavy (non-hydrogen) atoms. The maximum atomic E-state index is 13.1. The Hall–Kier alpha value is -0.690. The van der Waals surface area contributed by atoms with Crippen LogP contribution in [0.25, 0.3) is 0 Å². The molecule has 4 nitrogen and oxygen atoms in total. The number of nitrogens with one attached hydrogen (secondary N) is 1. The quantitative estimate of drug-likeness (QED) is 0.876. The molecule has 1 aromatic rings. The molecule has 1 rings (SSSR count). The van der Waals surface area contributed by atoms with Crippen LogP contribution in [-0.2, 0) is 10.0 Å². The van der Waals surface area contributed by atoms with Gasteiger partial charge in [-0.15, -0.1) is 0 Å². The Labute approximate surface area is 117 Å². The summed E-state index contributed by atoms with van der Waals surface area (Å²) in [6.07, 6.45) is 0. The molecule has 0 saturated carbocycles. The molecule has 0 radical (unpaired) electrons. The molecule has 0 heterocycles. The first-order chi connectivity index (χ1) is 8.56. The molecular weight excluding hydrogens is 293 g/mol. The maximum absolute atomic E-state index is 13.1. The van der Waals surface area contributed by atoms with E-state index in [-0.39, 0.29) is 22.4 Å². The Morgan fingerprint density at radius 2 is 2.05 bits per heavy atom. The van der Waals surface area contributed by atoms with Crippen LogP contribution in [0, 0.1) is 11.7 Å². The summed E-state index contributed by atoms with van der Waals surface area (Å²) < 4.78 is 39.3. The van der Waals surface area contributed by atoms with Crippen molar-refractivity contribution >= 4 is 21.6 Å². The molecule has 0 aliphatic heterocycles. The lowest BCUT2D eigenvalue weighted by Crippen LogP contribution is -2.44. The van der Waals surface area contributed by atoms with Gasteiger partial charge in [0.15, 0.2) is 0 Å². The van der Waals surface area contributed by atoms with Crippen LogP contribution in [0.3, 0.4) is 0 Å². The summed E-state index contributed by atoms with van der Waals surface area (Å²) >= 11 is 5.74. The fourth-order valence-corrected chi connectivity index (χ4v) is 2.86. The van der Waals surface area contributed by atoms with Gasteiger partial charge in [-0.2, -0.15) is 0 Å². The first-order valence-electron chi connectivity index (χ1n) is 5.73. The molecule has 1 atom stereocenters. The molecule has 1 unspecified atom stereocenters. The minimum absolute atomic E-state index is 0.0712. The molecule has 7 heteroatoms. The van der Waals surface area contributed by atoms with Crippen LogP contribution in [0.5, 0.6) is 0 Å². The van der Waals surface area contributed by atoms with Crippen molar-refractivity contribution in [2.45, 2.75) is 31.3 Å². The largest absolute Gasteiger partial charge is 0.389 e. The molecular formula is C12H17ClFNO3S. The molecule has 0 fully saturated rings. The molecule has 0 saturated heterocycles. The maximum Gasteiger partial charge on any atom is 0.242 e. The molecule has 0 aliphatic rings. The van der Waals surface area contributed by atoms with Crippen molar-refractivity contribution in [3.8, 4) is 0 Å². The zero-order chi connectivity index (χ0) is 14.8. The van der Waals surface area contributed by atoms with Crippen LogP contribution in [0.2, 0.25) is 5.02 Å². The van der Waals surface area contributed by atoms with Gasteiger partial charge in [0.25, 0.3) is 0 Å². The van der Waals surface area contributed by atoms with Gasteiger partial charge >= 0.3 is 0 Å². The van der Waals surface area contributed by atoms with Gasteiger partial charge in [-0.05, 0) is 31.0 Å². The van der Waals surface area contributed by atoms with Gasteiger partial charge in [-0.1, -0.05) is 25.4 Å². The van der Waals surface area contributed by atoms with E-state index in [4.69, 9.17) is 11.6 Å². The van der Waals surface area contributed by atoms with Crippen LogP contribution in [0.1, 0.15) is 20.8 Å². The lowest BCUT2D eigenvalue weighted by molar-refractivity contribution is 0.0190. The first-order valence-corrected chi connectivity index (χ1v) is 7.59. The molecule has 1 aromatic carbocycles. The summed E-state index contributed by atoms with van der Waals surface area (Å²) in [5.74, 6) is -0.835. The van der Waals surface area contributed by atoms with Crippen molar-refractivity contribution in [2.75, 3.05) is 6.54 Å². The van der Waals surface area contributed by atoms with E-state index in [1.54, 1.807) is 13.8 Å². The molecule has 0 aliphatic carbocycles. The summed E-state index contributed by atoms with van der Waals surface area (Å²) in [5, 5.41) is 9.92. The highest BCUT2D eigenvalue weighted by Gasteiger charge is 2.28. The monoisotopic (exact) mass is 309 g/mol. The highest BCUT2D eigenvalue weighted by molar-refractivity contribution is 7.89. The number of aliphatic hydroxyl groups is 1. The second-order valence-electron chi connectivity index (χ2n) is 4.91. The van der Waals surface area contributed by atoms with E-state index in [9.17, 15) is 17.9 Å². The van der Waals surface area contributed by atoms with Crippen LogP contribution in [-0.4, -0.2) is 25.7 Å². The van der Waals surface area contributed by atoms with Gasteiger partial charge in [0.1, 0.15) is 10.7 Å². The Bertz CT molecular complexity index is 558. The Balaban J connectivity index is 2.97. The lowest BCUT2D eigenvalue weighted by Gasteiger charge is -2.27. The van der Waals surface area contributed by atoms with Crippen LogP contribution >= 0.6 is 11.6 Å². The number of halogens is 2. The summed E-state index contributed by atoms with van der Waals surface area (Å²) in [5.41, 5.74) is -1.20. The third kappa shape index (κ3) is 4.14. The normalized spacial score (nSPS) is 15.5. The average molecular weight is 310 g/mol. The predicted molar refractivity (Wildman–Crippen MR) is 72.1 cm³/mol. The predicted octanol–water partition coefficient (Wildman–Crippen LogP) is 2.16. The first kappa shape index (κ1) is 16.4. The van der Waals surface area contributed by atoms with E-state index >= 15 is 0 Å². The molecule has 108 valence electrons. The number of hydrogen-bond donors (Lipinski definition) is 2. The summed E-state index contributed by atoms with van der Waals surface area (Å²) in [6, 6.07) is 3.09. The van der Waals surface area contributed by atoms with Gasteiger partial charge in [0.05, 0.1) is 10.6 Å². The number of benzene rings is 1. The van der Waals surface area contributed by atoms with Crippen molar-refractivity contribution in [2.24, 2.45) is 5.92 Å². The Kier molecular flexibility index (Phi) is 4.95. The second kappa shape index (κ2) is 5.75. The molecule has 2 N–H and O–H groups in total. The Morgan fingerprint density at radius 3 is 2.58 bits per heavy atom. The van der Waals surface area contributed by atoms with Gasteiger partial charge in [-0.25, -0.2) is 17.5 Å². The minimum atomic E-state index is -3.96. The minimum Gasteiger partial charge on any atom is -0.389 e. The van der Waals surface area contributed by atoms with Gasteiger partial charge in [0.2, 0.25) is 10.0 Å². The van der Waals surface area contributed by atoms with E-state index in [2.05, 4.69) is 4.72 Å². The van der Waals surface area contributed by atoms with E-state index in [1.807, 2.05) is 0 Å². The third-order valence-electron chi connectivity index (χ3n) is 3.05. The van der Waals surface area contributed by atoms with Crippen LogP contribution in [0.15, 0.2) is 23.1 Å². The zero-order valence-electron chi connectivity index (χ0n) is 10.9. The topological polar surface area (TPSA) is 66.4 Å². The third-order valence-corrected chi connectivity index (χ3v) is 4.93. The summed E-state index contributed by atoms with van der Waals surface area (Å²) in [6.45, 7) is 4.88. The van der Waals surface area contributed by atoms with Crippen molar-refractivity contribution < 1.29 is 17.9 Å². The fraction of sp³-hybridized carbons (Fsp3) is 0.500. The SMILES string of the molecule is CC(C)C(C)(O)CNS(=O)(=O)c1cc(F)ccc1Cl. The average Bonchev–Trinajstić information content (AvgIpc) is 2.30. The second-order valence-corrected chi connectivity index (χ2v) is 7.05. The van der Waals surface area contributed by atoms with Crippen molar-refractivity contribution in [3.63, 3.8) is 0 Å². The molecule has 0 bridgehead atoms. The summed E-state index contributed by atoms with van der Waals surface area (Å²) in [4.78, 5) is -0.339. The fourth-order valence-electron chi connectivity index (χ4n) is 1.21. The van der Waals surface area contributed by atoms with E-state index in [0.29, 0.717) is 0 Å². The van der Waals surface area contributed by atoms with Crippen molar-refractivity contribution in [1.29, 1.82) is 0 Å². The molecule has 0 spiro atoms. The number of hydrogen-bond acceptors (Lipinski definition) is 3. The highest BCUT2D eigenvalue weighted by atomic mass is 35.5. The number of rotatable bonds is 5. The molecule has 0 aromatic heterocycles. The smallest absolute Gasteiger partial charge is 0.242 e. The number of sulfonamides is 1. The van der Waals surface area contributed by atoms with Gasteiger partial charge in [-0.3, -0.25) is 0 Å². The Morgan fingerprint density at radius 1 is 1.47 bits per heavy atom. The van der Waals surface area contributed by atoms with Gasteiger partial charge < -0.3 is 5.11 Å². The van der Waals surface area contributed by atoms with Crippen LogP contribution in [0.4, 0.5) is 4.39 Å². The van der Waals surface area contributed by atoms with Crippen LogP contribution < -0.4 is 4.72 Å². The lowest BCUT2D eigenvalue weighted by atomic mass is 9.93. The van der Waals surface area contributed by atoms with Crippen molar-refractivity contribution in [3.05, 3.63) is 29.0 Å².